The van der Waals surface area contributed by atoms with Crippen LogP contribution in [0.1, 0.15) is 30.5 Å². The molecule has 0 bridgehead atoms. The highest BCUT2D eigenvalue weighted by Gasteiger charge is 2.18. The molecule has 4 nitrogen and oxygen atoms in total. The van der Waals surface area contributed by atoms with Crippen LogP contribution < -0.4 is 5.32 Å². The molecule has 0 aromatic carbocycles. The largest absolute Gasteiger partial charge is 0.311 e. The minimum atomic E-state index is 0.662. The average Bonchev–Trinajstić information content (AvgIpc) is 2.58. The van der Waals surface area contributed by atoms with Gasteiger partial charge in [0.2, 0.25) is 0 Å². The fourth-order valence-corrected chi connectivity index (χ4v) is 2.88. The van der Waals surface area contributed by atoms with E-state index < -0.39 is 0 Å². The molecule has 18 heavy (non-hydrogen) atoms. The Morgan fingerprint density at radius 3 is 2.78 bits per heavy atom. The SMILES string of the molecule is Cc1nn(C)c(Cl)c1CNCC1CCCCN1C. The van der Waals surface area contributed by atoms with Crippen LogP contribution in [0.25, 0.3) is 0 Å². The molecule has 0 amide bonds. The summed E-state index contributed by atoms with van der Waals surface area (Å²) < 4.78 is 1.74. The van der Waals surface area contributed by atoms with Crippen LogP contribution in [0, 0.1) is 6.92 Å². The fraction of sp³-hybridized carbons (Fsp3) is 0.769. The molecule has 2 rings (SSSR count). The van der Waals surface area contributed by atoms with Crippen molar-refractivity contribution in [2.75, 3.05) is 20.1 Å². The second-order valence-electron chi connectivity index (χ2n) is 5.24. The van der Waals surface area contributed by atoms with E-state index >= 15 is 0 Å². The highest BCUT2D eigenvalue weighted by Crippen LogP contribution is 2.19. The molecule has 0 aliphatic carbocycles. The van der Waals surface area contributed by atoms with Crippen molar-refractivity contribution in [3.05, 3.63) is 16.4 Å². The number of halogens is 1. The first-order chi connectivity index (χ1) is 8.59. The van der Waals surface area contributed by atoms with Gasteiger partial charge in [-0.1, -0.05) is 18.0 Å². The zero-order valence-corrected chi connectivity index (χ0v) is 12.3. The smallest absolute Gasteiger partial charge is 0.131 e. The molecule has 1 fully saturated rings. The van der Waals surface area contributed by atoms with E-state index in [0.717, 1.165) is 29.5 Å². The van der Waals surface area contributed by atoms with E-state index in [-0.39, 0.29) is 0 Å². The van der Waals surface area contributed by atoms with Gasteiger partial charge < -0.3 is 10.2 Å². The summed E-state index contributed by atoms with van der Waals surface area (Å²) in [6.45, 7) is 5.07. The van der Waals surface area contributed by atoms with Gasteiger partial charge in [0, 0.05) is 31.7 Å². The van der Waals surface area contributed by atoms with Gasteiger partial charge in [-0.3, -0.25) is 4.68 Å². The van der Waals surface area contributed by atoms with E-state index in [9.17, 15) is 0 Å². The maximum absolute atomic E-state index is 6.21. The summed E-state index contributed by atoms with van der Waals surface area (Å²) in [4.78, 5) is 2.45. The van der Waals surface area contributed by atoms with Crippen LogP contribution in [0.3, 0.4) is 0 Å². The number of piperidine rings is 1. The molecular formula is C13H23ClN4. The Labute approximate surface area is 114 Å². The van der Waals surface area contributed by atoms with Gasteiger partial charge >= 0.3 is 0 Å². The highest BCUT2D eigenvalue weighted by atomic mass is 35.5. The van der Waals surface area contributed by atoms with Crippen molar-refractivity contribution < 1.29 is 0 Å². The fourth-order valence-electron chi connectivity index (χ4n) is 2.64. The van der Waals surface area contributed by atoms with Crippen molar-refractivity contribution in [3.8, 4) is 0 Å². The predicted octanol–water partition coefficient (Wildman–Crippen LogP) is 1.96. The number of nitrogens with zero attached hydrogens (tertiary/aromatic N) is 3. The molecule has 1 saturated heterocycles. The monoisotopic (exact) mass is 270 g/mol. The van der Waals surface area contributed by atoms with Crippen molar-refractivity contribution >= 4 is 11.6 Å². The first-order valence-corrected chi connectivity index (χ1v) is 7.06. The Morgan fingerprint density at radius 2 is 2.17 bits per heavy atom. The third-order valence-corrected chi connectivity index (χ3v) is 4.35. The number of aromatic nitrogens is 2. The lowest BCUT2D eigenvalue weighted by molar-refractivity contribution is 0.181. The minimum Gasteiger partial charge on any atom is -0.311 e. The normalized spacial score (nSPS) is 21.4. The van der Waals surface area contributed by atoms with Crippen LogP contribution in [0.4, 0.5) is 0 Å². The summed E-state index contributed by atoms with van der Waals surface area (Å²) >= 11 is 6.21. The summed E-state index contributed by atoms with van der Waals surface area (Å²) in [5, 5.41) is 8.59. The van der Waals surface area contributed by atoms with Crippen LogP contribution in [0.2, 0.25) is 5.15 Å². The molecule has 1 aromatic rings. The van der Waals surface area contributed by atoms with Crippen LogP contribution in [-0.2, 0) is 13.6 Å². The summed E-state index contributed by atoms with van der Waals surface area (Å²) in [5.41, 5.74) is 2.14. The standard InChI is InChI=1S/C13H23ClN4/c1-10-12(13(14)18(3)16-10)9-15-8-11-6-4-5-7-17(11)2/h11,15H,4-9H2,1-3H3. The van der Waals surface area contributed by atoms with Gasteiger partial charge in [-0.25, -0.2) is 0 Å². The number of likely N-dealkylation sites (tertiary alicyclic amines) is 1. The number of hydrogen-bond donors (Lipinski definition) is 1. The predicted molar refractivity (Wildman–Crippen MR) is 74.9 cm³/mol. The Kier molecular flexibility index (Phi) is 4.65. The van der Waals surface area contributed by atoms with Gasteiger partial charge in [0.25, 0.3) is 0 Å². The molecule has 0 saturated carbocycles. The molecule has 102 valence electrons. The molecule has 1 N–H and O–H groups in total. The van der Waals surface area contributed by atoms with Gasteiger partial charge in [-0.15, -0.1) is 0 Å². The van der Waals surface area contributed by atoms with E-state index in [0.29, 0.717) is 6.04 Å². The van der Waals surface area contributed by atoms with Crippen molar-refractivity contribution in [3.63, 3.8) is 0 Å². The molecule has 5 heteroatoms. The van der Waals surface area contributed by atoms with Crippen LogP contribution >= 0.6 is 11.6 Å². The second kappa shape index (κ2) is 6.04. The summed E-state index contributed by atoms with van der Waals surface area (Å²) in [7, 11) is 4.10. The number of aryl methyl sites for hydroxylation is 2. The molecule has 0 spiro atoms. The van der Waals surface area contributed by atoms with Gasteiger partial charge in [-0.2, -0.15) is 5.10 Å². The first kappa shape index (κ1) is 13.8. The van der Waals surface area contributed by atoms with Crippen molar-refractivity contribution in [2.24, 2.45) is 7.05 Å². The number of hydrogen-bond acceptors (Lipinski definition) is 3. The quantitative estimate of drug-likeness (QED) is 0.908. The number of likely N-dealkylation sites (N-methyl/N-ethyl adjacent to an activating group) is 1. The molecule has 0 radical (unpaired) electrons. The third-order valence-electron chi connectivity index (χ3n) is 3.87. The van der Waals surface area contributed by atoms with Crippen molar-refractivity contribution in [2.45, 2.75) is 38.8 Å². The van der Waals surface area contributed by atoms with E-state index in [1.165, 1.54) is 25.8 Å². The van der Waals surface area contributed by atoms with Crippen molar-refractivity contribution in [1.29, 1.82) is 0 Å². The number of nitrogens with one attached hydrogen (secondary N) is 1. The lowest BCUT2D eigenvalue weighted by Gasteiger charge is -2.32. The minimum absolute atomic E-state index is 0.662. The zero-order chi connectivity index (χ0) is 13.1. The second-order valence-corrected chi connectivity index (χ2v) is 5.60. The summed E-state index contributed by atoms with van der Waals surface area (Å²) in [6, 6.07) is 0.662. The van der Waals surface area contributed by atoms with Gasteiger partial charge in [0.15, 0.2) is 0 Å². The lowest BCUT2D eigenvalue weighted by atomic mass is 10.0. The molecule has 1 atom stereocenters. The van der Waals surface area contributed by atoms with Crippen LogP contribution in [0.15, 0.2) is 0 Å². The molecule has 1 unspecified atom stereocenters. The van der Waals surface area contributed by atoms with Gasteiger partial charge in [0.05, 0.1) is 5.69 Å². The Hall–Kier alpha value is -0.580. The number of rotatable bonds is 4. The van der Waals surface area contributed by atoms with Crippen LogP contribution in [0.5, 0.6) is 0 Å². The van der Waals surface area contributed by atoms with E-state index in [4.69, 9.17) is 11.6 Å². The van der Waals surface area contributed by atoms with E-state index in [2.05, 4.69) is 22.4 Å². The maximum Gasteiger partial charge on any atom is 0.131 e. The van der Waals surface area contributed by atoms with Crippen LogP contribution in [-0.4, -0.2) is 40.9 Å². The Balaban J connectivity index is 1.84. The zero-order valence-electron chi connectivity index (χ0n) is 11.5. The molecule has 1 aliphatic heterocycles. The van der Waals surface area contributed by atoms with Gasteiger partial charge in [0.1, 0.15) is 5.15 Å². The average molecular weight is 271 g/mol. The summed E-state index contributed by atoms with van der Waals surface area (Å²) in [6.07, 6.45) is 3.98. The Morgan fingerprint density at radius 1 is 1.39 bits per heavy atom. The lowest BCUT2D eigenvalue weighted by Crippen LogP contribution is -2.42. The molecule has 1 aliphatic rings. The van der Waals surface area contributed by atoms with E-state index in [1.54, 1.807) is 4.68 Å². The van der Waals surface area contributed by atoms with Crippen molar-refractivity contribution in [1.82, 2.24) is 20.0 Å². The molecule has 1 aromatic heterocycles. The third kappa shape index (κ3) is 3.05. The summed E-state index contributed by atoms with van der Waals surface area (Å²) in [5.74, 6) is 0. The highest BCUT2D eigenvalue weighted by molar-refractivity contribution is 6.30. The first-order valence-electron chi connectivity index (χ1n) is 6.68. The molecular weight excluding hydrogens is 248 g/mol. The topological polar surface area (TPSA) is 33.1 Å². The maximum atomic E-state index is 6.21. The Bertz CT molecular complexity index is 402. The van der Waals surface area contributed by atoms with E-state index in [1.807, 2.05) is 14.0 Å². The molecule has 2 heterocycles. The van der Waals surface area contributed by atoms with Gasteiger partial charge in [-0.05, 0) is 33.4 Å².